The lowest BCUT2D eigenvalue weighted by Gasteiger charge is -2.13. The van der Waals surface area contributed by atoms with Crippen molar-refractivity contribution in [3.8, 4) is 0 Å². The van der Waals surface area contributed by atoms with Gasteiger partial charge in [-0.3, -0.25) is 4.79 Å². The summed E-state index contributed by atoms with van der Waals surface area (Å²) in [4.78, 5) is 22.5. The third kappa shape index (κ3) is 3.56. The number of rotatable bonds is 5. The molecule has 5 heteroatoms. The van der Waals surface area contributed by atoms with Crippen molar-refractivity contribution < 1.29 is 14.7 Å². The van der Waals surface area contributed by atoms with E-state index in [4.69, 9.17) is 10.8 Å². The number of nitrogens with one attached hydrogen (secondary N) is 1. The van der Waals surface area contributed by atoms with Gasteiger partial charge in [-0.15, -0.1) is 0 Å². The molecule has 0 saturated carbocycles. The van der Waals surface area contributed by atoms with E-state index < -0.39 is 12.0 Å². The molecule has 0 fully saturated rings. The van der Waals surface area contributed by atoms with Gasteiger partial charge in [0.05, 0.1) is 11.6 Å². The summed E-state index contributed by atoms with van der Waals surface area (Å²) in [5.41, 5.74) is 7.19. The SMILES string of the molecule is CCC[C@@H](N)C(=O)Nc1ccc(C(=O)O)cc1C. The fraction of sp³-hybridized carbons (Fsp3) is 0.385. The summed E-state index contributed by atoms with van der Waals surface area (Å²) in [5.74, 6) is -1.23. The number of aryl methyl sites for hydroxylation is 1. The van der Waals surface area contributed by atoms with E-state index in [0.717, 1.165) is 6.42 Å². The Morgan fingerprint density at radius 3 is 2.61 bits per heavy atom. The Hall–Kier alpha value is -1.88. The topological polar surface area (TPSA) is 92.4 Å². The van der Waals surface area contributed by atoms with Gasteiger partial charge in [-0.05, 0) is 37.1 Å². The highest BCUT2D eigenvalue weighted by Gasteiger charge is 2.14. The molecule has 1 aromatic rings. The van der Waals surface area contributed by atoms with Crippen molar-refractivity contribution in [2.75, 3.05) is 5.32 Å². The van der Waals surface area contributed by atoms with E-state index in [2.05, 4.69) is 5.32 Å². The third-order valence-electron chi connectivity index (χ3n) is 2.67. The quantitative estimate of drug-likeness (QED) is 0.742. The van der Waals surface area contributed by atoms with Gasteiger partial charge in [0.2, 0.25) is 5.91 Å². The first-order valence-electron chi connectivity index (χ1n) is 5.86. The minimum absolute atomic E-state index is 0.198. The van der Waals surface area contributed by atoms with Crippen molar-refractivity contribution in [1.82, 2.24) is 0 Å². The van der Waals surface area contributed by atoms with E-state index in [-0.39, 0.29) is 11.5 Å². The maximum Gasteiger partial charge on any atom is 0.335 e. The molecule has 1 amide bonds. The summed E-state index contributed by atoms with van der Waals surface area (Å²) in [6.07, 6.45) is 1.46. The molecule has 1 atom stereocenters. The van der Waals surface area contributed by atoms with Gasteiger partial charge in [0.25, 0.3) is 0 Å². The predicted molar refractivity (Wildman–Crippen MR) is 69.7 cm³/mol. The molecule has 0 spiro atoms. The molecule has 1 rings (SSSR count). The molecule has 0 heterocycles. The van der Waals surface area contributed by atoms with Crippen LogP contribution in [0.5, 0.6) is 0 Å². The van der Waals surface area contributed by atoms with Gasteiger partial charge >= 0.3 is 5.97 Å². The van der Waals surface area contributed by atoms with E-state index in [1.165, 1.54) is 12.1 Å². The molecule has 0 bridgehead atoms. The van der Waals surface area contributed by atoms with Crippen LogP contribution >= 0.6 is 0 Å². The summed E-state index contributed by atoms with van der Waals surface area (Å²) in [7, 11) is 0. The highest BCUT2D eigenvalue weighted by molar-refractivity contribution is 5.96. The standard InChI is InChI=1S/C13H18N2O3/c1-3-4-10(14)12(16)15-11-6-5-9(13(17)18)7-8(11)2/h5-7,10H,3-4,14H2,1-2H3,(H,15,16)(H,17,18)/t10-/m1/s1. The zero-order chi connectivity index (χ0) is 13.7. The molecule has 0 radical (unpaired) electrons. The number of carboxylic acids is 1. The molecule has 0 aliphatic carbocycles. The summed E-state index contributed by atoms with van der Waals surface area (Å²) >= 11 is 0. The Bertz CT molecular complexity index is 458. The lowest BCUT2D eigenvalue weighted by molar-refractivity contribution is -0.117. The molecule has 18 heavy (non-hydrogen) atoms. The van der Waals surface area contributed by atoms with E-state index >= 15 is 0 Å². The smallest absolute Gasteiger partial charge is 0.335 e. The number of carbonyl (C=O) groups excluding carboxylic acids is 1. The van der Waals surface area contributed by atoms with Crippen LogP contribution in [0.15, 0.2) is 18.2 Å². The minimum atomic E-state index is -0.987. The number of hydrogen-bond acceptors (Lipinski definition) is 3. The summed E-state index contributed by atoms with van der Waals surface area (Å²) < 4.78 is 0. The zero-order valence-electron chi connectivity index (χ0n) is 10.6. The number of carbonyl (C=O) groups is 2. The Labute approximate surface area is 106 Å². The second-order valence-electron chi connectivity index (χ2n) is 4.22. The van der Waals surface area contributed by atoms with Gasteiger partial charge in [-0.1, -0.05) is 13.3 Å². The first-order valence-corrected chi connectivity index (χ1v) is 5.86. The first kappa shape index (κ1) is 14.2. The predicted octanol–water partition coefficient (Wildman–Crippen LogP) is 1.76. The number of amides is 1. The zero-order valence-corrected chi connectivity index (χ0v) is 10.6. The van der Waals surface area contributed by atoms with Crippen molar-refractivity contribution in [1.29, 1.82) is 0 Å². The minimum Gasteiger partial charge on any atom is -0.478 e. The van der Waals surface area contributed by atoms with Crippen molar-refractivity contribution in [3.05, 3.63) is 29.3 Å². The average molecular weight is 250 g/mol. The fourth-order valence-electron chi connectivity index (χ4n) is 1.60. The van der Waals surface area contributed by atoms with Crippen LogP contribution in [0.2, 0.25) is 0 Å². The normalized spacial score (nSPS) is 11.9. The molecule has 0 saturated heterocycles. The van der Waals surface area contributed by atoms with Crippen LogP contribution in [0, 0.1) is 6.92 Å². The summed E-state index contributed by atoms with van der Waals surface area (Å²) in [6, 6.07) is 4.02. The fourth-order valence-corrected chi connectivity index (χ4v) is 1.60. The number of hydrogen-bond donors (Lipinski definition) is 3. The molecule has 5 nitrogen and oxygen atoms in total. The van der Waals surface area contributed by atoms with Crippen LogP contribution in [-0.2, 0) is 4.79 Å². The van der Waals surface area contributed by atoms with Gasteiger partial charge in [-0.2, -0.15) is 0 Å². The average Bonchev–Trinajstić information content (AvgIpc) is 2.31. The molecule has 1 aromatic carbocycles. The highest BCUT2D eigenvalue weighted by Crippen LogP contribution is 2.17. The van der Waals surface area contributed by atoms with Crippen molar-refractivity contribution in [3.63, 3.8) is 0 Å². The third-order valence-corrected chi connectivity index (χ3v) is 2.67. The van der Waals surface area contributed by atoms with Crippen LogP contribution in [0.1, 0.15) is 35.7 Å². The Kier molecular flexibility index (Phi) is 4.85. The van der Waals surface area contributed by atoms with Crippen molar-refractivity contribution >= 4 is 17.6 Å². The molecule has 98 valence electrons. The van der Waals surface area contributed by atoms with Gasteiger partial charge in [-0.25, -0.2) is 4.79 Å². The second kappa shape index (κ2) is 6.16. The van der Waals surface area contributed by atoms with E-state index in [1.54, 1.807) is 13.0 Å². The van der Waals surface area contributed by atoms with Crippen LogP contribution < -0.4 is 11.1 Å². The first-order chi connectivity index (χ1) is 8.45. The number of nitrogens with two attached hydrogens (primary N) is 1. The summed E-state index contributed by atoms with van der Waals surface area (Å²) in [5, 5.41) is 11.5. The monoisotopic (exact) mass is 250 g/mol. The van der Waals surface area contributed by atoms with Crippen molar-refractivity contribution in [2.45, 2.75) is 32.7 Å². The lowest BCUT2D eigenvalue weighted by atomic mass is 10.1. The van der Waals surface area contributed by atoms with E-state index in [0.29, 0.717) is 17.7 Å². The van der Waals surface area contributed by atoms with Crippen LogP contribution in [-0.4, -0.2) is 23.0 Å². The molecule has 0 aliphatic rings. The second-order valence-corrected chi connectivity index (χ2v) is 4.22. The largest absolute Gasteiger partial charge is 0.478 e. The molecular weight excluding hydrogens is 232 g/mol. The molecular formula is C13H18N2O3. The van der Waals surface area contributed by atoms with Gasteiger partial charge in [0.15, 0.2) is 0 Å². The number of aromatic carboxylic acids is 1. The Balaban J connectivity index is 2.79. The van der Waals surface area contributed by atoms with Crippen LogP contribution in [0.3, 0.4) is 0 Å². The maximum absolute atomic E-state index is 11.7. The summed E-state index contributed by atoms with van der Waals surface area (Å²) in [6.45, 7) is 3.70. The molecule has 0 aromatic heterocycles. The number of anilines is 1. The Morgan fingerprint density at radius 1 is 1.44 bits per heavy atom. The van der Waals surface area contributed by atoms with Crippen LogP contribution in [0.25, 0.3) is 0 Å². The molecule has 4 N–H and O–H groups in total. The highest BCUT2D eigenvalue weighted by atomic mass is 16.4. The van der Waals surface area contributed by atoms with E-state index in [9.17, 15) is 9.59 Å². The number of carboxylic acid groups (broad SMARTS) is 1. The van der Waals surface area contributed by atoms with Gasteiger partial charge < -0.3 is 16.2 Å². The Morgan fingerprint density at radius 2 is 2.11 bits per heavy atom. The van der Waals surface area contributed by atoms with Crippen molar-refractivity contribution in [2.24, 2.45) is 5.73 Å². The van der Waals surface area contributed by atoms with Gasteiger partial charge in [0.1, 0.15) is 0 Å². The lowest BCUT2D eigenvalue weighted by Crippen LogP contribution is -2.35. The molecule has 0 aliphatic heterocycles. The maximum atomic E-state index is 11.7. The van der Waals surface area contributed by atoms with Crippen LogP contribution in [0.4, 0.5) is 5.69 Å². The molecule has 0 unspecified atom stereocenters. The van der Waals surface area contributed by atoms with Gasteiger partial charge in [0, 0.05) is 5.69 Å². The number of benzene rings is 1. The van der Waals surface area contributed by atoms with E-state index in [1.807, 2.05) is 6.92 Å².